The summed E-state index contributed by atoms with van der Waals surface area (Å²) in [5.74, 6) is -0.201. The van der Waals surface area contributed by atoms with Gasteiger partial charge in [-0.1, -0.05) is 17.2 Å². The number of carbonyl (C=O) groups is 2. The van der Waals surface area contributed by atoms with Gasteiger partial charge in [-0.15, -0.1) is 0 Å². The van der Waals surface area contributed by atoms with Crippen LogP contribution in [0.15, 0.2) is 60.9 Å². The molecule has 0 aliphatic carbocycles. The highest BCUT2D eigenvalue weighted by Crippen LogP contribution is 2.33. The van der Waals surface area contributed by atoms with Crippen LogP contribution in [0.2, 0.25) is 0 Å². The summed E-state index contributed by atoms with van der Waals surface area (Å²) < 4.78 is 10.8. The topological polar surface area (TPSA) is 96.5 Å². The van der Waals surface area contributed by atoms with E-state index >= 15 is 0 Å². The second-order valence-corrected chi connectivity index (χ2v) is 12.1. The van der Waals surface area contributed by atoms with Crippen molar-refractivity contribution in [3.05, 3.63) is 88.7 Å². The van der Waals surface area contributed by atoms with Crippen molar-refractivity contribution in [2.75, 3.05) is 26.9 Å². The third-order valence-electron chi connectivity index (χ3n) is 7.23. The number of fused-ring (bicyclic) bond motifs is 1. The van der Waals surface area contributed by atoms with E-state index in [2.05, 4.69) is 47.3 Å². The van der Waals surface area contributed by atoms with E-state index in [4.69, 9.17) is 9.47 Å². The molecule has 2 heterocycles. The normalized spacial score (nSPS) is 11.5. The Morgan fingerprint density at radius 2 is 1.65 bits per heavy atom. The third kappa shape index (κ3) is 8.91. The molecule has 8 heteroatoms. The average Bonchev–Trinajstić information content (AvgIpc) is 3.32. The highest BCUT2D eigenvalue weighted by molar-refractivity contribution is 6.00. The monoisotopic (exact) mass is 584 g/mol. The van der Waals surface area contributed by atoms with Gasteiger partial charge in [0.25, 0.3) is 5.91 Å². The van der Waals surface area contributed by atoms with E-state index in [0.29, 0.717) is 25.1 Å². The number of methoxy groups -OCH3 is 1. The Bertz CT molecular complexity index is 1520. The van der Waals surface area contributed by atoms with Crippen molar-refractivity contribution in [3.8, 4) is 11.3 Å². The highest BCUT2D eigenvalue weighted by Gasteiger charge is 2.23. The summed E-state index contributed by atoms with van der Waals surface area (Å²) in [6.45, 7) is 11.1. The van der Waals surface area contributed by atoms with E-state index in [0.717, 1.165) is 47.0 Å². The first-order chi connectivity index (χ1) is 20.5. The SMILES string of the molecule is COCNC(=O)c1ccc2[nH]c(-c3cc(C)cc(C)c3)c(CCN(CCCCc3ccncc3)C(=O)OC(C)(C)C)c2c1. The molecule has 0 radical (unpaired) electrons. The van der Waals surface area contributed by atoms with Crippen molar-refractivity contribution < 1.29 is 19.1 Å². The number of carbonyl (C=O) groups excluding carboxylic acids is 2. The first kappa shape index (κ1) is 31.8. The molecule has 0 atom stereocenters. The summed E-state index contributed by atoms with van der Waals surface area (Å²) in [4.78, 5) is 35.7. The largest absolute Gasteiger partial charge is 0.444 e. The summed E-state index contributed by atoms with van der Waals surface area (Å²) >= 11 is 0. The molecule has 8 nitrogen and oxygen atoms in total. The van der Waals surface area contributed by atoms with Crippen LogP contribution in [0.5, 0.6) is 0 Å². The van der Waals surface area contributed by atoms with Crippen molar-refractivity contribution in [1.29, 1.82) is 0 Å². The van der Waals surface area contributed by atoms with Crippen LogP contribution in [-0.4, -0.2) is 59.4 Å². The number of aryl methyl sites for hydroxylation is 3. The summed E-state index contributed by atoms with van der Waals surface area (Å²) in [7, 11) is 1.54. The average molecular weight is 585 g/mol. The fourth-order valence-electron chi connectivity index (χ4n) is 5.30. The van der Waals surface area contributed by atoms with Gasteiger partial charge in [0.1, 0.15) is 12.3 Å². The number of H-pyrrole nitrogens is 1. The quantitative estimate of drug-likeness (QED) is 0.138. The van der Waals surface area contributed by atoms with Gasteiger partial charge in [0.2, 0.25) is 0 Å². The van der Waals surface area contributed by atoms with E-state index < -0.39 is 5.60 Å². The molecule has 0 bridgehead atoms. The van der Waals surface area contributed by atoms with Gasteiger partial charge in [-0.25, -0.2) is 4.79 Å². The van der Waals surface area contributed by atoms with Gasteiger partial charge in [0.05, 0.1) is 0 Å². The van der Waals surface area contributed by atoms with Crippen LogP contribution in [0, 0.1) is 13.8 Å². The number of unbranched alkanes of at least 4 members (excludes halogenated alkanes) is 1. The number of aromatic nitrogens is 2. The lowest BCUT2D eigenvalue weighted by Gasteiger charge is -2.27. The molecule has 0 saturated heterocycles. The molecule has 2 N–H and O–H groups in total. The number of amides is 2. The molecule has 0 unspecified atom stereocenters. The van der Waals surface area contributed by atoms with Crippen molar-refractivity contribution in [1.82, 2.24) is 20.2 Å². The first-order valence-electron chi connectivity index (χ1n) is 14.9. The summed E-state index contributed by atoms with van der Waals surface area (Å²) in [5, 5.41) is 3.73. The Hall–Kier alpha value is -4.17. The van der Waals surface area contributed by atoms with E-state index in [1.807, 2.05) is 68.4 Å². The second-order valence-electron chi connectivity index (χ2n) is 12.1. The van der Waals surface area contributed by atoms with E-state index in [-0.39, 0.29) is 18.7 Å². The zero-order chi connectivity index (χ0) is 31.0. The van der Waals surface area contributed by atoms with E-state index in [1.54, 1.807) is 7.11 Å². The van der Waals surface area contributed by atoms with Gasteiger partial charge in [-0.3, -0.25) is 9.78 Å². The summed E-state index contributed by atoms with van der Waals surface area (Å²) in [6.07, 6.45) is 6.62. The number of nitrogens with one attached hydrogen (secondary N) is 2. The second kappa shape index (κ2) is 14.3. The predicted molar refractivity (Wildman–Crippen MR) is 171 cm³/mol. The zero-order valence-corrected chi connectivity index (χ0v) is 26.3. The van der Waals surface area contributed by atoms with Crippen LogP contribution in [0.4, 0.5) is 4.79 Å². The molecule has 2 amide bonds. The fourth-order valence-corrected chi connectivity index (χ4v) is 5.30. The molecule has 228 valence electrons. The Kier molecular flexibility index (Phi) is 10.6. The Morgan fingerprint density at radius 1 is 0.930 bits per heavy atom. The molecule has 2 aromatic carbocycles. The number of hydrogen-bond acceptors (Lipinski definition) is 5. The van der Waals surface area contributed by atoms with E-state index in [9.17, 15) is 9.59 Å². The lowest BCUT2D eigenvalue weighted by Crippen LogP contribution is -2.38. The number of pyridine rings is 1. The molecule has 0 aliphatic heterocycles. The first-order valence-corrected chi connectivity index (χ1v) is 14.9. The number of hydrogen-bond donors (Lipinski definition) is 2. The van der Waals surface area contributed by atoms with Crippen LogP contribution in [-0.2, 0) is 22.3 Å². The minimum absolute atomic E-state index is 0.136. The fraction of sp³-hybridized carbons (Fsp3) is 0.400. The van der Waals surface area contributed by atoms with Crippen LogP contribution < -0.4 is 5.32 Å². The summed E-state index contributed by atoms with van der Waals surface area (Å²) in [5.41, 5.74) is 7.61. The van der Waals surface area contributed by atoms with Crippen LogP contribution in [0.1, 0.15) is 66.2 Å². The molecule has 2 aromatic heterocycles. The molecular formula is C35H44N4O4. The Balaban J connectivity index is 1.63. The van der Waals surface area contributed by atoms with Gasteiger partial charge in [-0.05, 0) is 119 Å². The zero-order valence-electron chi connectivity index (χ0n) is 26.3. The van der Waals surface area contributed by atoms with Crippen molar-refractivity contribution in [2.45, 2.75) is 65.9 Å². The summed E-state index contributed by atoms with van der Waals surface area (Å²) in [6, 6.07) is 16.2. The van der Waals surface area contributed by atoms with Crippen LogP contribution >= 0.6 is 0 Å². The maximum Gasteiger partial charge on any atom is 0.410 e. The van der Waals surface area contributed by atoms with Gasteiger partial charge in [0, 0.05) is 54.8 Å². The Morgan fingerprint density at radius 3 is 2.33 bits per heavy atom. The van der Waals surface area contributed by atoms with E-state index in [1.165, 1.54) is 16.7 Å². The molecule has 43 heavy (non-hydrogen) atoms. The molecule has 0 saturated carbocycles. The minimum Gasteiger partial charge on any atom is -0.444 e. The molecule has 4 aromatic rings. The Labute approximate surface area is 254 Å². The maximum absolute atomic E-state index is 13.4. The van der Waals surface area contributed by atoms with Gasteiger partial charge in [0.15, 0.2) is 0 Å². The molecule has 4 rings (SSSR count). The van der Waals surface area contributed by atoms with Gasteiger partial charge >= 0.3 is 6.09 Å². The van der Waals surface area contributed by atoms with Crippen LogP contribution in [0.3, 0.4) is 0 Å². The number of benzene rings is 2. The number of aromatic amines is 1. The standard InChI is InChI=1S/C35H44N4O4/c1-24-19-25(2)21-28(20-24)32-29(30-22-27(10-11-31(30)38-32)33(40)37-23-42-6)14-18-39(34(41)43-35(3,4)5)17-8-7-9-26-12-15-36-16-13-26/h10-13,15-16,19-22,38H,7-9,14,17-18,23H2,1-6H3,(H,37,40). The van der Waals surface area contributed by atoms with Crippen molar-refractivity contribution >= 4 is 22.9 Å². The lowest BCUT2D eigenvalue weighted by molar-refractivity contribution is 0.0249. The lowest BCUT2D eigenvalue weighted by atomic mass is 9.98. The number of ether oxygens (including phenoxy) is 2. The number of nitrogens with zero attached hydrogens (tertiary/aromatic N) is 2. The molecule has 0 fully saturated rings. The smallest absolute Gasteiger partial charge is 0.410 e. The van der Waals surface area contributed by atoms with Crippen molar-refractivity contribution in [3.63, 3.8) is 0 Å². The minimum atomic E-state index is -0.595. The van der Waals surface area contributed by atoms with Gasteiger partial charge in [-0.2, -0.15) is 0 Å². The molecular weight excluding hydrogens is 540 g/mol. The highest BCUT2D eigenvalue weighted by atomic mass is 16.6. The van der Waals surface area contributed by atoms with Crippen molar-refractivity contribution in [2.24, 2.45) is 0 Å². The molecule has 0 aliphatic rings. The predicted octanol–water partition coefficient (Wildman–Crippen LogP) is 6.98. The number of rotatable bonds is 12. The molecule has 0 spiro atoms. The third-order valence-corrected chi connectivity index (χ3v) is 7.23. The van der Waals surface area contributed by atoms with Gasteiger partial charge < -0.3 is 24.7 Å². The van der Waals surface area contributed by atoms with Crippen LogP contribution in [0.25, 0.3) is 22.2 Å². The maximum atomic E-state index is 13.4.